The Morgan fingerprint density at radius 2 is 2.21 bits per heavy atom. The van der Waals surface area contributed by atoms with E-state index in [1.165, 1.54) is 0 Å². The second kappa shape index (κ2) is 6.26. The third-order valence-corrected chi connectivity index (χ3v) is 2.60. The Kier molecular flexibility index (Phi) is 6.14. The summed E-state index contributed by atoms with van der Waals surface area (Å²) in [5.74, 6) is 0. The largest absolute Gasteiger partial charge is 0.323 e. The first kappa shape index (κ1) is 13.7. The second-order valence-corrected chi connectivity index (χ2v) is 3.93. The summed E-state index contributed by atoms with van der Waals surface area (Å²) in [6.45, 7) is 0. The van der Waals surface area contributed by atoms with E-state index in [9.17, 15) is 0 Å². The first-order chi connectivity index (χ1) is 6.15. The van der Waals surface area contributed by atoms with Crippen molar-refractivity contribution < 1.29 is 0 Å². The van der Waals surface area contributed by atoms with Crippen LogP contribution in [-0.4, -0.2) is 0 Å². The van der Waals surface area contributed by atoms with Gasteiger partial charge in [0, 0.05) is 15.5 Å². The van der Waals surface area contributed by atoms with Gasteiger partial charge in [0.2, 0.25) is 0 Å². The summed E-state index contributed by atoms with van der Waals surface area (Å²) >= 11 is 9.11. The molecule has 2 nitrogen and oxygen atoms in total. The summed E-state index contributed by atoms with van der Waals surface area (Å²) in [6, 6.07) is 7.14. The van der Waals surface area contributed by atoms with Gasteiger partial charge < -0.3 is 5.73 Å². The highest BCUT2D eigenvalue weighted by Gasteiger charge is 2.09. The van der Waals surface area contributed by atoms with E-state index in [1.807, 2.05) is 12.1 Å². The van der Waals surface area contributed by atoms with Crippen molar-refractivity contribution in [1.29, 1.82) is 5.26 Å². The van der Waals surface area contributed by atoms with Gasteiger partial charge >= 0.3 is 0 Å². The van der Waals surface area contributed by atoms with Gasteiger partial charge in [-0.25, -0.2) is 0 Å². The standard InChI is InChI=1S/C9H8BrClN2.ClH/c10-8-5-6(11)1-2-7(8)9(13)3-4-12;/h1-2,5,9H,3,13H2;1H/t9-;/m1./s1. The van der Waals surface area contributed by atoms with E-state index < -0.39 is 0 Å². The van der Waals surface area contributed by atoms with E-state index >= 15 is 0 Å². The fourth-order valence-electron chi connectivity index (χ4n) is 1.01. The molecule has 0 heterocycles. The fraction of sp³-hybridized carbons (Fsp3) is 0.222. The van der Waals surface area contributed by atoms with Gasteiger partial charge in [-0.05, 0) is 17.7 Å². The lowest BCUT2D eigenvalue weighted by molar-refractivity contribution is 0.745. The molecule has 0 spiro atoms. The third kappa shape index (κ3) is 3.47. The Morgan fingerprint density at radius 1 is 1.57 bits per heavy atom. The molecule has 0 amide bonds. The van der Waals surface area contributed by atoms with Gasteiger partial charge in [-0.2, -0.15) is 5.26 Å². The number of rotatable bonds is 2. The summed E-state index contributed by atoms with van der Waals surface area (Å²) in [6.07, 6.45) is 0.306. The maximum Gasteiger partial charge on any atom is 0.0641 e. The minimum Gasteiger partial charge on any atom is -0.323 e. The molecule has 0 aliphatic heterocycles. The van der Waals surface area contributed by atoms with Crippen molar-refractivity contribution in [3.8, 4) is 6.07 Å². The van der Waals surface area contributed by atoms with Crippen LogP contribution in [0.5, 0.6) is 0 Å². The van der Waals surface area contributed by atoms with Crippen LogP contribution in [0.25, 0.3) is 0 Å². The summed E-state index contributed by atoms with van der Waals surface area (Å²) in [4.78, 5) is 0. The van der Waals surface area contributed by atoms with E-state index in [-0.39, 0.29) is 18.4 Å². The second-order valence-electron chi connectivity index (χ2n) is 2.63. The van der Waals surface area contributed by atoms with Gasteiger partial charge in [-0.3, -0.25) is 0 Å². The Balaban J connectivity index is 0.00000169. The van der Waals surface area contributed by atoms with Crippen LogP contribution in [0.4, 0.5) is 0 Å². The topological polar surface area (TPSA) is 49.8 Å². The zero-order valence-corrected chi connectivity index (χ0v) is 10.4. The number of nitriles is 1. The number of hydrogen-bond donors (Lipinski definition) is 1. The number of benzene rings is 1. The van der Waals surface area contributed by atoms with Gasteiger partial charge in [0.15, 0.2) is 0 Å². The van der Waals surface area contributed by atoms with Crippen molar-refractivity contribution in [1.82, 2.24) is 0 Å². The number of nitrogens with two attached hydrogens (primary N) is 1. The molecule has 5 heteroatoms. The molecule has 1 aromatic rings. The lowest BCUT2D eigenvalue weighted by Crippen LogP contribution is -2.09. The summed E-state index contributed by atoms with van der Waals surface area (Å²) < 4.78 is 0.850. The summed E-state index contributed by atoms with van der Waals surface area (Å²) in [5.41, 5.74) is 6.67. The molecule has 1 atom stereocenters. The van der Waals surface area contributed by atoms with Gasteiger partial charge in [-0.15, -0.1) is 12.4 Å². The Bertz CT molecular complexity index is 349. The van der Waals surface area contributed by atoms with Crippen molar-refractivity contribution in [3.05, 3.63) is 33.3 Å². The molecule has 1 rings (SSSR count). The lowest BCUT2D eigenvalue weighted by Gasteiger charge is -2.09. The van der Waals surface area contributed by atoms with E-state index in [4.69, 9.17) is 22.6 Å². The molecule has 0 saturated carbocycles. The normalized spacial score (nSPS) is 11.3. The molecule has 0 saturated heterocycles. The van der Waals surface area contributed by atoms with Gasteiger partial charge in [0.05, 0.1) is 12.5 Å². The molecule has 0 aliphatic carbocycles. The average Bonchev–Trinajstić information content (AvgIpc) is 2.04. The molecule has 14 heavy (non-hydrogen) atoms. The predicted octanol–water partition coefficient (Wildman–Crippen LogP) is 3.44. The summed E-state index contributed by atoms with van der Waals surface area (Å²) in [5, 5.41) is 9.12. The Labute approximate surface area is 103 Å². The zero-order chi connectivity index (χ0) is 9.84. The lowest BCUT2D eigenvalue weighted by atomic mass is 10.1. The van der Waals surface area contributed by atoms with Crippen molar-refractivity contribution >= 4 is 39.9 Å². The Morgan fingerprint density at radius 3 is 2.71 bits per heavy atom. The molecule has 0 fully saturated rings. The number of nitrogens with zero attached hydrogens (tertiary/aromatic N) is 1. The van der Waals surface area contributed by atoms with E-state index in [2.05, 4.69) is 15.9 Å². The first-order valence-electron chi connectivity index (χ1n) is 3.72. The van der Waals surface area contributed by atoms with Gasteiger partial charge in [0.25, 0.3) is 0 Å². The molecule has 0 bridgehead atoms. The van der Waals surface area contributed by atoms with E-state index in [0.717, 1.165) is 10.0 Å². The molecular weight excluding hydrogens is 287 g/mol. The van der Waals surface area contributed by atoms with Crippen LogP contribution in [0.3, 0.4) is 0 Å². The molecule has 0 aliphatic rings. The van der Waals surface area contributed by atoms with Crippen molar-refractivity contribution in [2.75, 3.05) is 0 Å². The molecular formula is C9H9BrCl2N2. The molecule has 1 aromatic carbocycles. The van der Waals surface area contributed by atoms with Crippen molar-refractivity contribution in [2.24, 2.45) is 5.73 Å². The van der Waals surface area contributed by atoms with Crippen LogP contribution in [0.15, 0.2) is 22.7 Å². The van der Waals surface area contributed by atoms with Crippen LogP contribution in [-0.2, 0) is 0 Å². The SMILES string of the molecule is Cl.N#CC[C@@H](N)c1ccc(Cl)cc1Br. The molecule has 0 radical (unpaired) electrons. The molecule has 2 N–H and O–H groups in total. The molecule has 76 valence electrons. The molecule has 0 aromatic heterocycles. The van der Waals surface area contributed by atoms with Crippen molar-refractivity contribution in [3.63, 3.8) is 0 Å². The zero-order valence-electron chi connectivity index (χ0n) is 7.21. The quantitative estimate of drug-likeness (QED) is 0.908. The highest BCUT2D eigenvalue weighted by atomic mass is 79.9. The maximum absolute atomic E-state index is 8.47. The monoisotopic (exact) mass is 294 g/mol. The highest BCUT2D eigenvalue weighted by Crippen LogP contribution is 2.26. The van der Waals surface area contributed by atoms with Crippen LogP contribution in [0, 0.1) is 11.3 Å². The summed E-state index contributed by atoms with van der Waals surface area (Å²) in [7, 11) is 0. The number of halogens is 3. The number of hydrogen-bond acceptors (Lipinski definition) is 2. The van der Waals surface area contributed by atoms with Crippen LogP contribution < -0.4 is 5.73 Å². The highest BCUT2D eigenvalue weighted by molar-refractivity contribution is 9.10. The van der Waals surface area contributed by atoms with Gasteiger partial charge in [0.1, 0.15) is 0 Å². The minimum absolute atomic E-state index is 0. The predicted molar refractivity (Wildman–Crippen MR) is 63.6 cm³/mol. The third-order valence-electron chi connectivity index (χ3n) is 1.67. The van der Waals surface area contributed by atoms with E-state index in [1.54, 1.807) is 12.1 Å². The Hall–Kier alpha value is -0.270. The van der Waals surface area contributed by atoms with Crippen LogP contribution >= 0.6 is 39.9 Å². The average molecular weight is 296 g/mol. The van der Waals surface area contributed by atoms with E-state index in [0.29, 0.717) is 11.4 Å². The van der Waals surface area contributed by atoms with Crippen molar-refractivity contribution in [2.45, 2.75) is 12.5 Å². The van der Waals surface area contributed by atoms with Gasteiger partial charge in [-0.1, -0.05) is 33.6 Å². The van der Waals surface area contributed by atoms with Crippen LogP contribution in [0.1, 0.15) is 18.0 Å². The smallest absolute Gasteiger partial charge is 0.0641 e. The molecule has 0 unspecified atom stereocenters. The van der Waals surface area contributed by atoms with Crippen LogP contribution in [0.2, 0.25) is 5.02 Å². The first-order valence-corrected chi connectivity index (χ1v) is 4.89. The maximum atomic E-state index is 8.47. The minimum atomic E-state index is -0.253. The fourth-order valence-corrected chi connectivity index (χ4v) is 1.99.